The molecular weight excluding hydrogens is 466 g/mol. The predicted octanol–water partition coefficient (Wildman–Crippen LogP) is 2.49. The number of benzene rings is 2. The molecule has 8 heteroatoms. The van der Waals surface area contributed by atoms with Crippen molar-refractivity contribution in [3.63, 3.8) is 0 Å². The molecule has 37 heavy (non-hydrogen) atoms. The van der Waals surface area contributed by atoms with Gasteiger partial charge in [-0.3, -0.25) is 14.7 Å². The molecule has 2 heterocycles. The number of hydrogen-bond donors (Lipinski definition) is 2. The number of carbonyl (C=O) groups is 1. The number of ether oxygens (including phenoxy) is 1. The van der Waals surface area contributed by atoms with Gasteiger partial charge in [-0.1, -0.05) is 42.5 Å². The Balaban J connectivity index is 1.24. The van der Waals surface area contributed by atoms with Gasteiger partial charge in [0.25, 0.3) is 5.91 Å². The highest BCUT2D eigenvalue weighted by atomic mass is 16.5. The van der Waals surface area contributed by atoms with Crippen LogP contribution in [0.1, 0.15) is 21.5 Å². The summed E-state index contributed by atoms with van der Waals surface area (Å²) in [5, 5.41) is 23.0. The van der Waals surface area contributed by atoms with Crippen LogP contribution in [0.2, 0.25) is 0 Å². The highest BCUT2D eigenvalue weighted by molar-refractivity contribution is 5.94. The number of aromatic nitrogens is 1. The third-order valence-corrected chi connectivity index (χ3v) is 6.44. The number of pyridine rings is 1. The van der Waals surface area contributed by atoms with Gasteiger partial charge in [-0.05, 0) is 36.2 Å². The van der Waals surface area contributed by atoms with Crippen molar-refractivity contribution >= 4 is 11.6 Å². The van der Waals surface area contributed by atoms with E-state index in [0.29, 0.717) is 30.7 Å². The summed E-state index contributed by atoms with van der Waals surface area (Å²) in [6, 6.07) is 23.0. The summed E-state index contributed by atoms with van der Waals surface area (Å²) in [5.74, 6) is -0.177. The van der Waals surface area contributed by atoms with Crippen LogP contribution in [-0.2, 0) is 11.2 Å². The maximum Gasteiger partial charge on any atom is 0.251 e. The van der Waals surface area contributed by atoms with Gasteiger partial charge in [-0.2, -0.15) is 5.26 Å². The Morgan fingerprint density at radius 3 is 2.43 bits per heavy atom. The number of hydrogen-bond acceptors (Lipinski definition) is 7. The second-order valence-electron chi connectivity index (χ2n) is 9.20. The fourth-order valence-corrected chi connectivity index (χ4v) is 4.53. The first-order chi connectivity index (χ1) is 18.1. The quantitative estimate of drug-likeness (QED) is 0.418. The molecule has 0 spiro atoms. The monoisotopic (exact) mass is 499 g/mol. The highest BCUT2D eigenvalue weighted by Gasteiger charge is 2.22. The molecule has 4 rings (SSSR count). The first kappa shape index (κ1) is 26.3. The average molecular weight is 500 g/mol. The van der Waals surface area contributed by atoms with E-state index in [4.69, 9.17) is 4.74 Å². The van der Waals surface area contributed by atoms with Gasteiger partial charge >= 0.3 is 0 Å². The van der Waals surface area contributed by atoms with Gasteiger partial charge < -0.3 is 20.1 Å². The maximum atomic E-state index is 12.7. The molecule has 1 fully saturated rings. The summed E-state index contributed by atoms with van der Waals surface area (Å²) in [4.78, 5) is 21.1. The van der Waals surface area contributed by atoms with E-state index in [-0.39, 0.29) is 18.6 Å². The largest absolute Gasteiger partial charge is 0.389 e. The minimum Gasteiger partial charge on any atom is -0.389 e. The van der Waals surface area contributed by atoms with Crippen LogP contribution in [0.25, 0.3) is 0 Å². The number of nitrogens with one attached hydrogen (secondary N) is 1. The third kappa shape index (κ3) is 7.86. The molecule has 0 bridgehead atoms. The summed E-state index contributed by atoms with van der Waals surface area (Å²) < 4.78 is 5.88. The van der Waals surface area contributed by atoms with Gasteiger partial charge in [-0.15, -0.1) is 0 Å². The molecule has 1 aliphatic heterocycles. The lowest BCUT2D eigenvalue weighted by atomic mass is 10.1. The van der Waals surface area contributed by atoms with Crippen LogP contribution in [0.4, 0.5) is 5.69 Å². The number of rotatable bonds is 11. The Kier molecular flexibility index (Phi) is 9.60. The van der Waals surface area contributed by atoms with E-state index < -0.39 is 6.10 Å². The molecule has 2 N–H and O–H groups in total. The van der Waals surface area contributed by atoms with Crippen molar-refractivity contribution in [2.24, 2.45) is 0 Å². The Morgan fingerprint density at radius 1 is 1.00 bits per heavy atom. The van der Waals surface area contributed by atoms with E-state index in [0.717, 1.165) is 37.4 Å². The lowest BCUT2D eigenvalue weighted by Gasteiger charge is -2.37. The van der Waals surface area contributed by atoms with Gasteiger partial charge in [0, 0.05) is 50.7 Å². The van der Waals surface area contributed by atoms with Gasteiger partial charge in [0.2, 0.25) is 0 Å². The molecule has 1 saturated heterocycles. The van der Waals surface area contributed by atoms with Crippen molar-refractivity contribution in [2.75, 3.05) is 50.8 Å². The van der Waals surface area contributed by atoms with Crippen LogP contribution < -0.4 is 10.2 Å². The van der Waals surface area contributed by atoms with E-state index in [2.05, 4.69) is 26.2 Å². The number of amides is 1. The van der Waals surface area contributed by atoms with Crippen molar-refractivity contribution < 1.29 is 14.6 Å². The number of piperazine rings is 1. The number of carbonyl (C=O) groups excluding carboxylic acids is 1. The fourth-order valence-electron chi connectivity index (χ4n) is 4.53. The number of nitriles is 1. The molecular formula is C29H33N5O3. The molecule has 1 aromatic heterocycles. The normalized spacial score (nSPS) is 15.5. The lowest BCUT2D eigenvalue weighted by molar-refractivity contribution is 0.00896. The molecule has 0 unspecified atom stereocenters. The van der Waals surface area contributed by atoms with Gasteiger partial charge in [0.05, 0.1) is 36.6 Å². The molecule has 3 aromatic rings. The maximum absolute atomic E-state index is 12.7. The predicted molar refractivity (Wildman–Crippen MR) is 142 cm³/mol. The number of aliphatic hydroxyl groups is 1. The summed E-state index contributed by atoms with van der Waals surface area (Å²) >= 11 is 0. The molecule has 0 saturated carbocycles. The fraction of sp³-hybridized carbons (Fsp3) is 0.345. The van der Waals surface area contributed by atoms with E-state index in [1.807, 2.05) is 54.6 Å². The van der Waals surface area contributed by atoms with Crippen LogP contribution in [-0.4, -0.2) is 79.0 Å². The molecule has 0 radical (unpaired) electrons. The summed E-state index contributed by atoms with van der Waals surface area (Å²) in [6.45, 7) is 4.19. The lowest BCUT2D eigenvalue weighted by Crippen LogP contribution is -2.49. The standard InChI is InChI=1S/C29H33N5O3/c30-19-25-8-4-5-9-28(25)34-16-14-33(15-17-34)20-27(35)22-37-21-26(18-23-6-2-1-3-7-23)32-29(36)24-10-12-31-13-11-24/h1-13,26-27,35H,14-18,20-22H2,(H,32,36)/t26-,27+/m0/s1. The minimum absolute atomic E-state index is 0.177. The SMILES string of the molecule is N#Cc1ccccc1N1CCN(C[C@@H](O)COC[C@H](Cc2ccccc2)NC(=O)c2ccncc2)CC1. The van der Waals surface area contributed by atoms with Crippen molar-refractivity contribution in [1.29, 1.82) is 5.26 Å². The van der Waals surface area contributed by atoms with E-state index in [1.54, 1.807) is 24.5 Å². The van der Waals surface area contributed by atoms with Crippen molar-refractivity contribution in [2.45, 2.75) is 18.6 Å². The number of nitrogens with zero attached hydrogens (tertiary/aromatic N) is 4. The Labute approximate surface area is 218 Å². The summed E-state index contributed by atoms with van der Waals surface area (Å²) in [6.07, 6.45) is 3.18. The minimum atomic E-state index is -0.633. The molecule has 2 aromatic carbocycles. The zero-order valence-electron chi connectivity index (χ0n) is 20.9. The zero-order valence-corrected chi connectivity index (χ0v) is 20.9. The molecule has 192 valence electrons. The number of anilines is 1. The number of para-hydroxylation sites is 1. The van der Waals surface area contributed by atoms with E-state index in [1.165, 1.54) is 0 Å². The second-order valence-corrected chi connectivity index (χ2v) is 9.20. The first-order valence-electron chi connectivity index (χ1n) is 12.6. The van der Waals surface area contributed by atoms with Crippen molar-refractivity contribution in [3.8, 4) is 6.07 Å². The van der Waals surface area contributed by atoms with Crippen LogP contribution >= 0.6 is 0 Å². The molecule has 1 amide bonds. The Hall–Kier alpha value is -3.77. The van der Waals surface area contributed by atoms with Crippen LogP contribution in [0.5, 0.6) is 0 Å². The Bertz CT molecular complexity index is 1160. The van der Waals surface area contributed by atoms with Gasteiger partial charge in [0.15, 0.2) is 0 Å². The summed E-state index contributed by atoms with van der Waals surface area (Å²) in [7, 11) is 0. The third-order valence-electron chi connectivity index (χ3n) is 6.44. The van der Waals surface area contributed by atoms with Crippen LogP contribution in [0, 0.1) is 11.3 Å². The molecule has 2 atom stereocenters. The van der Waals surface area contributed by atoms with E-state index >= 15 is 0 Å². The number of aliphatic hydroxyl groups excluding tert-OH is 1. The number of β-amino-alcohol motifs (C(OH)–C–C–N with tert-alkyl or cyclic N) is 1. The molecule has 8 nitrogen and oxygen atoms in total. The zero-order chi connectivity index (χ0) is 25.9. The van der Waals surface area contributed by atoms with Crippen LogP contribution in [0.3, 0.4) is 0 Å². The van der Waals surface area contributed by atoms with E-state index in [9.17, 15) is 15.2 Å². The Morgan fingerprint density at radius 2 is 1.70 bits per heavy atom. The highest BCUT2D eigenvalue weighted by Crippen LogP contribution is 2.21. The van der Waals surface area contributed by atoms with Crippen molar-refractivity contribution in [3.05, 3.63) is 95.8 Å². The topological polar surface area (TPSA) is 102 Å². The smallest absolute Gasteiger partial charge is 0.251 e. The first-order valence-corrected chi connectivity index (χ1v) is 12.6. The molecule has 1 aliphatic rings. The molecule has 0 aliphatic carbocycles. The second kappa shape index (κ2) is 13.5. The van der Waals surface area contributed by atoms with Crippen LogP contribution in [0.15, 0.2) is 79.1 Å². The van der Waals surface area contributed by atoms with Gasteiger partial charge in [-0.25, -0.2) is 0 Å². The van der Waals surface area contributed by atoms with Gasteiger partial charge in [0.1, 0.15) is 6.07 Å². The van der Waals surface area contributed by atoms with Crippen molar-refractivity contribution in [1.82, 2.24) is 15.2 Å². The summed E-state index contributed by atoms with van der Waals surface area (Å²) in [5.41, 5.74) is 3.30. The average Bonchev–Trinajstić information content (AvgIpc) is 2.94.